The standard InChI is InChI=1S/C15H19F2N5O/c1-10(2)14(12-4-3-11(16)9-13(12)17)20-15(23)18-5-7-22-8-6-19-21-22/h3-4,6,8-10,14H,5,7H2,1-2H3,(H2,18,20,23)/t14-/m0/s1. The molecule has 2 rings (SSSR count). The van der Waals surface area contributed by atoms with E-state index in [4.69, 9.17) is 0 Å². The number of benzene rings is 1. The van der Waals surface area contributed by atoms with Crippen molar-refractivity contribution >= 4 is 6.03 Å². The number of aromatic nitrogens is 3. The molecule has 2 amide bonds. The zero-order chi connectivity index (χ0) is 16.8. The SMILES string of the molecule is CC(C)[C@H](NC(=O)NCCn1ccnn1)c1ccc(F)cc1F. The van der Waals surface area contributed by atoms with Gasteiger partial charge in [-0.2, -0.15) is 0 Å². The number of hydrogen-bond acceptors (Lipinski definition) is 3. The Bertz CT molecular complexity index is 645. The highest BCUT2D eigenvalue weighted by Gasteiger charge is 2.21. The van der Waals surface area contributed by atoms with E-state index in [-0.39, 0.29) is 11.5 Å². The molecule has 0 spiro atoms. The second kappa shape index (κ2) is 7.66. The van der Waals surface area contributed by atoms with Crippen LogP contribution in [0.25, 0.3) is 0 Å². The lowest BCUT2D eigenvalue weighted by Gasteiger charge is -2.23. The van der Waals surface area contributed by atoms with Crippen LogP contribution in [0.4, 0.5) is 13.6 Å². The first-order valence-corrected chi connectivity index (χ1v) is 7.31. The summed E-state index contributed by atoms with van der Waals surface area (Å²) >= 11 is 0. The van der Waals surface area contributed by atoms with Crippen LogP contribution in [0.15, 0.2) is 30.6 Å². The van der Waals surface area contributed by atoms with Crippen LogP contribution in [0.5, 0.6) is 0 Å². The zero-order valence-corrected chi connectivity index (χ0v) is 13.0. The summed E-state index contributed by atoms with van der Waals surface area (Å²) < 4.78 is 28.5. The van der Waals surface area contributed by atoms with Gasteiger partial charge in [0.25, 0.3) is 0 Å². The molecule has 0 aliphatic rings. The minimum Gasteiger partial charge on any atom is -0.336 e. The molecule has 1 atom stereocenters. The molecule has 1 heterocycles. The van der Waals surface area contributed by atoms with Gasteiger partial charge in [-0.3, -0.25) is 4.68 Å². The highest BCUT2D eigenvalue weighted by molar-refractivity contribution is 5.74. The largest absolute Gasteiger partial charge is 0.336 e. The Balaban J connectivity index is 1.94. The summed E-state index contributed by atoms with van der Waals surface area (Å²) in [6.45, 7) is 4.53. The Morgan fingerprint density at radius 3 is 2.74 bits per heavy atom. The predicted molar refractivity (Wildman–Crippen MR) is 80.5 cm³/mol. The third-order valence-corrected chi connectivity index (χ3v) is 3.35. The van der Waals surface area contributed by atoms with Crippen LogP contribution in [-0.2, 0) is 6.54 Å². The van der Waals surface area contributed by atoms with Crippen LogP contribution < -0.4 is 10.6 Å². The molecule has 0 radical (unpaired) electrons. The van der Waals surface area contributed by atoms with Gasteiger partial charge in [-0.25, -0.2) is 13.6 Å². The fourth-order valence-corrected chi connectivity index (χ4v) is 2.19. The maximum atomic E-state index is 13.9. The van der Waals surface area contributed by atoms with Crippen molar-refractivity contribution in [1.82, 2.24) is 25.6 Å². The first-order valence-electron chi connectivity index (χ1n) is 7.31. The van der Waals surface area contributed by atoms with Gasteiger partial charge in [-0.05, 0) is 12.0 Å². The van der Waals surface area contributed by atoms with Gasteiger partial charge in [0.15, 0.2) is 0 Å². The number of hydrogen-bond donors (Lipinski definition) is 2. The number of carbonyl (C=O) groups is 1. The highest BCUT2D eigenvalue weighted by Crippen LogP contribution is 2.24. The molecule has 0 unspecified atom stereocenters. The summed E-state index contributed by atoms with van der Waals surface area (Å²) in [4.78, 5) is 12.0. The lowest BCUT2D eigenvalue weighted by molar-refractivity contribution is 0.232. The molecule has 2 N–H and O–H groups in total. The number of nitrogens with zero attached hydrogens (tertiary/aromatic N) is 3. The van der Waals surface area contributed by atoms with E-state index in [9.17, 15) is 13.6 Å². The first kappa shape index (κ1) is 16.9. The summed E-state index contributed by atoms with van der Waals surface area (Å²) in [6, 6.07) is 2.37. The fourth-order valence-electron chi connectivity index (χ4n) is 2.19. The van der Waals surface area contributed by atoms with Gasteiger partial charge in [0.2, 0.25) is 0 Å². The molecule has 0 saturated heterocycles. The number of nitrogens with one attached hydrogen (secondary N) is 2. The normalized spacial score (nSPS) is 12.2. The van der Waals surface area contributed by atoms with Crippen molar-refractivity contribution in [3.63, 3.8) is 0 Å². The minimum atomic E-state index is -0.674. The van der Waals surface area contributed by atoms with Gasteiger partial charge in [-0.15, -0.1) is 5.10 Å². The van der Waals surface area contributed by atoms with Gasteiger partial charge < -0.3 is 10.6 Å². The Kier molecular flexibility index (Phi) is 5.61. The number of carbonyl (C=O) groups excluding carboxylic acids is 1. The van der Waals surface area contributed by atoms with E-state index in [1.807, 2.05) is 13.8 Å². The molecule has 6 nitrogen and oxygen atoms in total. The average Bonchev–Trinajstić information content (AvgIpc) is 2.98. The average molecular weight is 323 g/mol. The highest BCUT2D eigenvalue weighted by atomic mass is 19.1. The van der Waals surface area contributed by atoms with Crippen molar-refractivity contribution in [2.75, 3.05) is 6.54 Å². The summed E-state index contributed by atoms with van der Waals surface area (Å²) in [6.07, 6.45) is 3.23. The van der Waals surface area contributed by atoms with Gasteiger partial charge in [0.05, 0.1) is 18.8 Å². The van der Waals surface area contributed by atoms with Crippen molar-refractivity contribution in [3.05, 3.63) is 47.8 Å². The number of rotatable bonds is 6. The molecular formula is C15H19F2N5O. The van der Waals surface area contributed by atoms with Crippen molar-refractivity contribution in [3.8, 4) is 0 Å². The molecule has 0 saturated carbocycles. The monoisotopic (exact) mass is 323 g/mol. The van der Waals surface area contributed by atoms with Gasteiger partial charge in [0, 0.05) is 24.4 Å². The number of halogens is 2. The van der Waals surface area contributed by atoms with Crippen molar-refractivity contribution < 1.29 is 13.6 Å². The van der Waals surface area contributed by atoms with Crippen LogP contribution in [0, 0.1) is 17.6 Å². The Morgan fingerprint density at radius 2 is 2.13 bits per heavy atom. The Morgan fingerprint density at radius 1 is 1.35 bits per heavy atom. The number of urea groups is 1. The lowest BCUT2D eigenvalue weighted by atomic mass is 9.95. The molecule has 0 bridgehead atoms. The summed E-state index contributed by atoms with van der Waals surface area (Å²) in [5.41, 5.74) is 0.257. The van der Waals surface area contributed by atoms with E-state index in [0.29, 0.717) is 13.1 Å². The smallest absolute Gasteiger partial charge is 0.315 e. The molecule has 124 valence electrons. The van der Waals surface area contributed by atoms with Crippen LogP contribution in [0.1, 0.15) is 25.5 Å². The quantitative estimate of drug-likeness (QED) is 0.856. The Hall–Kier alpha value is -2.51. The van der Waals surface area contributed by atoms with E-state index in [2.05, 4.69) is 20.9 Å². The van der Waals surface area contributed by atoms with E-state index in [1.165, 1.54) is 12.1 Å². The second-order valence-corrected chi connectivity index (χ2v) is 5.45. The third kappa shape index (κ3) is 4.73. The van der Waals surface area contributed by atoms with Crippen LogP contribution in [0.3, 0.4) is 0 Å². The predicted octanol–water partition coefficient (Wildman–Crippen LogP) is 2.25. The molecular weight excluding hydrogens is 304 g/mol. The van der Waals surface area contributed by atoms with E-state index in [0.717, 1.165) is 6.07 Å². The molecule has 2 aromatic rings. The molecule has 0 fully saturated rings. The lowest BCUT2D eigenvalue weighted by Crippen LogP contribution is -2.41. The van der Waals surface area contributed by atoms with Gasteiger partial charge in [0.1, 0.15) is 11.6 Å². The number of amides is 2. The molecule has 0 aliphatic heterocycles. The molecule has 0 aliphatic carbocycles. The first-order chi connectivity index (χ1) is 11.0. The van der Waals surface area contributed by atoms with E-state index in [1.54, 1.807) is 17.1 Å². The van der Waals surface area contributed by atoms with E-state index >= 15 is 0 Å². The maximum Gasteiger partial charge on any atom is 0.315 e. The summed E-state index contributed by atoms with van der Waals surface area (Å²) in [7, 11) is 0. The van der Waals surface area contributed by atoms with E-state index < -0.39 is 23.7 Å². The maximum absolute atomic E-state index is 13.9. The van der Waals surface area contributed by atoms with Crippen LogP contribution in [-0.4, -0.2) is 27.6 Å². The zero-order valence-electron chi connectivity index (χ0n) is 13.0. The van der Waals surface area contributed by atoms with Crippen molar-refractivity contribution in [1.29, 1.82) is 0 Å². The fraction of sp³-hybridized carbons (Fsp3) is 0.400. The second-order valence-electron chi connectivity index (χ2n) is 5.45. The van der Waals surface area contributed by atoms with Crippen molar-refractivity contribution in [2.45, 2.75) is 26.4 Å². The summed E-state index contributed by atoms with van der Waals surface area (Å²) in [5.74, 6) is -1.38. The molecule has 1 aromatic heterocycles. The van der Waals surface area contributed by atoms with Crippen molar-refractivity contribution in [2.24, 2.45) is 5.92 Å². The molecule has 23 heavy (non-hydrogen) atoms. The molecule has 1 aromatic carbocycles. The third-order valence-electron chi connectivity index (χ3n) is 3.35. The molecule has 8 heteroatoms. The summed E-state index contributed by atoms with van der Waals surface area (Å²) in [5, 5.41) is 12.8. The Labute approximate surface area is 132 Å². The van der Waals surface area contributed by atoms with Gasteiger partial charge in [-0.1, -0.05) is 25.1 Å². The van der Waals surface area contributed by atoms with Crippen LogP contribution in [0.2, 0.25) is 0 Å². The van der Waals surface area contributed by atoms with Crippen LogP contribution >= 0.6 is 0 Å². The minimum absolute atomic E-state index is 0.0592. The topological polar surface area (TPSA) is 71.8 Å². The van der Waals surface area contributed by atoms with Gasteiger partial charge >= 0.3 is 6.03 Å².